The SMILES string of the molecule is CN(CCCc1ccccc1)C(=O)CCNS(=O)(=O)c1ccc2c(c1)CCCC2. The maximum atomic E-state index is 12.6. The first kappa shape index (κ1) is 21.5. The van der Waals surface area contributed by atoms with Crippen LogP contribution in [-0.4, -0.2) is 39.4 Å². The van der Waals surface area contributed by atoms with E-state index in [1.807, 2.05) is 24.3 Å². The Labute approximate surface area is 174 Å². The summed E-state index contributed by atoms with van der Waals surface area (Å²) in [4.78, 5) is 14.3. The topological polar surface area (TPSA) is 66.5 Å². The van der Waals surface area contributed by atoms with Crippen molar-refractivity contribution in [1.29, 1.82) is 0 Å². The van der Waals surface area contributed by atoms with Crippen molar-refractivity contribution in [2.75, 3.05) is 20.1 Å². The number of carbonyl (C=O) groups excluding carboxylic acids is 1. The van der Waals surface area contributed by atoms with Gasteiger partial charge in [-0.15, -0.1) is 0 Å². The van der Waals surface area contributed by atoms with Crippen molar-refractivity contribution >= 4 is 15.9 Å². The summed E-state index contributed by atoms with van der Waals surface area (Å²) in [6.07, 6.45) is 6.19. The summed E-state index contributed by atoms with van der Waals surface area (Å²) in [6, 6.07) is 15.6. The summed E-state index contributed by atoms with van der Waals surface area (Å²) in [7, 11) is -1.82. The zero-order chi connectivity index (χ0) is 20.7. The monoisotopic (exact) mass is 414 g/mol. The highest BCUT2D eigenvalue weighted by atomic mass is 32.2. The molecule has 0 aromatic heterocycles. The second kappa shape index (κ2) is 10.0. The van der Waals surface area contributed by atoms with Gasteiger partial charge in [-0.1, -0.05) is 36.4 Å². The zero-order valence-electron chi connectivity index (χ0n) is 17.1. The molecule has 0 atom stereocenters. The summed E-state index contributed by atoms with van der Waals surface area (Å²) in [5.41, 5.74) is 3.64. The zero-order valence-corrected chi connectivity index (χ0v) is 17.9. The van der Waals surface area contributed by atoms with Crippen molar-refractivity contribution in [1.82, 2.24) is 9.62 Å². The van der Waals surface area contributed by atoms with E-state index in [2.05, 4.69) is 16.9 Å². The molecule has 1 aliphatic carbocycles. The number of nitrogens with zero attached hydrogens (tertiary/aromatic N) is 1. The van der Waals surface area contributed by atoms with Crippen LogP contribution in [0.3, 0.4) is 0 Å². The Bertz CT molecular complexity index is 926. The molecule has 0 heterocycles. The highest BCUT2D eigenvalue weighted by Crippen LogP contribution is 2.24. The van der Waals surface area contributed by atoms with E-state index in [1.54, 1.807) is 24.1 Å². The highest BCUT2D eigenvalue weighted by molar-refractivity contribution is 7.89. The number of sulfonamides is 1. The molecular formula is C23H30N2O3S. The Morgan fingerprint density at radius 3 is 2.52 bits per heavy atom. The van der Waals surface area contributed by atoms with Gasteiger partial charge in [-0.05, 0) is 67.3 Å². The van der Waals surface area contributed by atoms with E-state index in [0.29, 0.717) is 11.4 Å². The van der Waals surface area contributed by atoms with E-state index >= 15 is 0 Å². The van der Waals surface area contributed by atoms with Crippen LogP contribution < -0.4 is 4.72 Å². The van der Waals surface area contributed by atoms with Gasteiger partial charge in [0.2, 0.25) is 15.9 Å². The van der Waals surface area contributed by atoms with E-state index in [0.717, 1.165) is 37.7 Å². The van der Waals surface area contributed by atoms with E-state index in [-0.39, 0.29) is 18.9 Å². The van der Waals surface area contributed by atoms with Crippen LogP contribution in [0.4, 0.5) is 0 Å². The van der Waals surface area contributed by atoms with Crippen LogP contribution in [-0.2, 0) is 34.1 Å². The summed E-state index contributed by atoms with van der Waals surface area (Å²) in [6.45, 7) is 0.770. The molecule has 0 aliphatic heterocycles. The van der Waals surface area contributed by atoms with Gasteiger partial charge in [-0.3, -0.25) is 4.79 Å². The van der Waals surface area contributed by atoms with E-state index in [9.17, 15) is 13.2 Å². The molecule has 0 bridgehead atoms. The minimum absolute atomic E-state index is 0.0498. The fraction of sp³-hybridized carbons (Fsp3) is 0.435. The molecule has 29 heavy (non-hydrogen) atoms. The van der Waals surface area contributed by atoms with Crippen LogP contribution in [0, 0.1) is 0 Å². The number of carbonyl (C=O) groups is 1. The number of fused-ring (bicyclic) bond motifs is 1. The molecular weight excluding hydrogens is 384 g/mol. The molecule has 0 saturated carbocycles. The molecule has 3 rings (SSSR count). The minimum atomic E-state index is -3.59. The second-order valence-electron chi connectivity index (χ2n) is 7.69. The lowest BCUT2D eigenvalue weighted by molar-refractivity contribution is -0.129. The molecule has 1 N–H and O–H groups in total. The summed E-state index contributed by atoms with van der Waals surface area (Å²) >= 11 is 0. The molecule has 1 amide bonds. The van der Waals surface area contributed by atoms with Crippen LogP contribution >= 0.6 is 0 Å². The van der Waals surface area contributed by atoms with Crippen LogP contribution in [0.5, 0.6) is 0 Å². The van der Waals surface area contributed by atoms with Crippen molar-refractivity contribution in [3.63, 3.8) is 0 Å². The second-order valence-corrected chi connectivity index (χ2v) is 9.46. The third-order valence-corrected chi connectivity index (χ3v) is 6.95. The molecule has 1 aliphatic rings. The maximum Gasteiger partial charge on any atom is 0.240 e. The van der Waals surface area contributed by atoms with Gasteiger partial charge in [0, 0.05) is 26.6 Å². The summed E-state index contributed by atoms with van der Waals surface area (Å²) in [5, 5.41) is 0. The predicted octanol–water partition coefficient (Wildman–Crippen LogP) is 3.33. The van der Waals surface area contributed by atoms with Crippen molar-refractivity contribution in [3.8, 4) is 0 Å². The van der Waals surface area contributed by atoms with Gasteiger partial charge in [0.1, 0.15) is 0 Å². The number of hydrogen-bond donors (Lipinski definition) is 1. The Morgan fingerprint density at radius 1 is 1.03 bits per heavy atom. The average Bonchev–Trinajstić information content (AvgIpc) is 2.74. The molecule has 2 aromatic carbocycles. The van der Waals surface area contributed by atoms with Crippen LogP contribution in [0.1, 0.15) is 42.4 Å². The van der Waals surface area contributed by atoms with Crippen molar-refractivity contribution in [2.45, 2.75) is 49.8 Å². The van der Waals surface area contributed by atoms with E-state index in [4.69, 9.17) is 0 Å². The van der Waals surface area contributed by atoms with Crippen molar-refractivity contribution in [3.05, 3.63) is 65.2 Å². The van der Waals surface area contributed by atoms with Gasteiger partial charge < -0.3 is 4.90 Å². The lowest BCUT2D eigenvalue weighted by Crippen LogP contribution is -2.33. The normalized spacial score (nSPS) is 13.7. The van der Waals surface area contributed by atoms with Gasteiger partial charge in [0.05, 0.1) is 4.90 Å². The van der Waals surface area contributed by atoms with Crippen molar-refractivity contribution < 1.29 is 13.2 Å². The summed E-state index contributed by atoms with van der Waals surface area (Å²) in [5.74, 6) is -0.0498. The Kier molecular flexibility index (Phi) is 7.45. The van der Waals surface area contributed by atoms with Gasteiger partial charge in [0.15, 0.2) is 0 Å². The van der Waals surface area contributed by atoms with E-state index in [1.165, 1.54) is 17.5 Å². The molecule has 6 heteroatoms. The molecule has 0 unspecified atom stereocenters. The summed E-state index contributed by atoms with van der Waals surface area (Å²) < 4.78 is 27.7. The minimum Gasteiger partial charge on any atom is -0.346 e. The number of benzene rings is 2. The third kappa shape index (κ3) is 6.15. The molecule has 5 nitrogen and oxygen atoms in total. The first-order valence-electron chi connectivity index (χ1n) is 10.3. The predicted molar refractivity (Wildman–Crippen MR) is 115 cm³/mol. The first-order chi connectivity index (χ1) is 14.0. The Hall–Kier alpha value is -2.18. The molecule has 0 spiro atoms. The van der Waals surface area contributed by atoms with Crippen LogP contribution in [0.2, 0.25) is 0 Å². The molecule has 0 fully saturated rings. The maximum absolute atomic E-state index is 12.6. The quantitative estimate of drug-likeness (QED) is 0.684. The smallest absolute Gasteiger partial charge is 0.240 e. The molecule has 0 saturated heterocycles. The van der Waals surface area contributed by atoms with Crippen molar-refractivity contribution in [2.24, 2.45) is 0 Å². The molecule has 156 valence electrons. The lowest BCUT2D eigenvalue weighted by Gasteiger charge is -2.18. The van der Waals surface area contributed by atoms with E-state index < -0.39 is 10.0 Å². The van der Waals surface area contributed by atoms with Gasteiger partial charge in [-0.2, -0.15) is 0 Å². The first-order valence-corrected chi connectivity index (χ1v) is 11.8. The Balaban J connectivity index is 1.44. The number of nitrogens with one attached hydrogen (secondary N) is 1. The lowest BCUT2D eigenvalue weighted by atomic mass is 9.92. The number of amides is 1. The number of hydrogen-bond acceptors (Lipinski definition) is 3. The van der Waals surface area contributed by atoms with Gasteiger partial charge in [0.25, 0.3) is 0 Å². The Morgan fingerprint density at radius 2 is 1.76 bits per heavy atom. The van der Waals surface area contributed by atoms with Gasteiger partial charge >= 0.3 is 0 Å². The molecule has 0 radical (unpaired) electrons. The fourth-order valence-electron chi connectivity index (χ4n) is 3.73. The third-order valence-electron chi connectivity index (χ3n) is 5.49. The van der Waals surface area contributed by atoms with Gasteiger partial charge in [-0.25, -0.2) is 13.1 Å². The molecule has 2 aromatic rings. The fourth-order valence-corrected chi connectivity index (χ4v) is 4.82. The average molecular weight is 415 g/mol. The van der Waals surface area contributed by atoms with Crippen LogP contribution in [0.15, 0.2) is 53.4 Å². The highest BCUT2D eigenvalue weighted by Gasteiger charge is 2.18. The number of rotatable bonds is 9. The van der Waals surface area contributed by atoms with Crippen LogP contribution in [0.25, 0.3) is 0 Å². The largest absolute Gasteiger partial charge is 0.346 e. The standard InChI is InChI=1S/C23H30N2O3S/c1-25(17-7-10-19-8-3-2-4-9-19)23(26)15-16-24-29(27,28)22-14-13-20-11-5-6-12-21(20)18-22/h2-4,8-9,13-14,18,24H,5-7,10-12,15-17H2,1H3. The number of aryl methyl sites for hydroxylation is 3.